The first-order valence-corrected chi connectivity index (χ1v) is 9.05. The van der Waals surface area contributed by atoms with Gasteiger partial charge in [0.2, 0.25) is 0 Å². The third kappa shape index (κ3) is 4.89. The molecule has 9 heteroatoms. The van der Waals surface area contributed by atoms with Crippen LogP contribution in [0.2, 0.25) is 0 Å². The van der Waals surface area contributed by atoms with Crippen molar-refractivity contribution in [3.05, 3.63) is 56.8 Å². The first-order valence-electron chi connectivity index (χ1n) is 8.64. The monoisotopic (exact) mass is 387 g/mol. The van der Waals surface area contributed by atoms with E-state index in [4.69, 9.17) is 22.7 Å². The fourth-order valence-corrected chi connectivity index (χ4v) is 3.29. The molecular formula is C18H21N5O3S. The van der Waals surface area contributed by atoms with Crippen molar-refractivity contribution in [2.45, 2.75) is 12.8 Å². The largest absolute Gasteiger partial charge is 0.378 e. The van der Waals surface area contributed by atoms with E-state index in [1.165, 1.54) is 17.7 Å². The topological polar surface area (TPSA) is 106 Å². The molecule has 0 radical (unpaired) electrons. The smallest absolute Gasteiger partial charge is 0.269 e. The maximum Gasteiger partial charge on any atom is 0.269 e. The minimum Gasteiger partial charge on any atom is -0.378 e. The number of hydrogen-bond acceptors (Lipinski definition) is 6. The van der Waals surface area contributed by atoms with Gasteiger partial charge in [-0.3, -0.25) is 15.5 Å². The van der Waals surface area contributed by atoms with Gasteiger partial charge in [-0.05, 0) is 60.0 Å². The Kier molecular flexibility index (Phi) is 6.15. The summed E-state index contributed by atoms with van der Waals surface area (Å²) in [7, 11) is 0. The molecule has 1 aromatic rings. The summed E-state index contributed by atoms with van der Waals surface area (Å²) in [6.45, 7) is 2.99. The number of benzene rings is 1. The average Bonchev–Trinajstić information content (AvgIpc) is 3.05. The number of rotatable bonds is 5. The second-order valence-corrected chi connectivity index (χ2v) is 6.67. The number of ether oxygens (including phenoxy) is 1. The van der Waals surface area contributed by atoms with Gasteiger partial charge < -0.3 is 15.4 Å². The molecule has 3 rings (SSSR count). The Labute approximate surface area is 162 Å². The fourth-order valence-electron chi connectivity index (χ4n) is 3.24. The van der Waals surface area contributed by atoms with Crippen molar-refractivity contribution in [3.63, 3.8) is 0 Å². The van der Waals surface area contributed by atoms with Crippen molar-refractivity contribution >= 4 is 35.3 Å². The Hall–Kier alpha value is -2.78. The van der Waals surface area contributed by atoms with Gasteiger partial charge in [-0.15, -0.1) is 0 Å². The highest BCUT2D eigenvalue weighted by Crippen LogP contribution is 2.35. The van der Waals surface area contributed by atoms with E-state index in [2.05, 4.69) is 21.5 Å². The lowest BCUT2D eigenvalue weighted by atomic mass is 10.1. The van der Waals surface area contributed by atoms with Gasteiger partial charge in [-0.25, -0.2) is 0 Å². The molecule has 0 spiro atoms. The van der Waals surface area contributed by atoms with Gasteiger partial charge in [-0.2, -0.15) is 5.10 Å². The van der Waals surface area contributed by atoms with Crippen LogP contribution in [0.3, 0.4) is 0 Å². The van der Waals surface area contributed by atoms with Crippen LogP contribution in [-0.2, 0) is 4.74 Å². The molecule has 0 saturated carbocycles. The van der Waals surface area contributed by atoms with E-state index < -0.39 is 4.92 Å². The standard InChI is InChI=1S/C18H21N5O3S/c19-18(27)21-20-12-15-4-3-14(17(15)22-7-9-26-10-8-22)11-13-1-5-16(6-2-13)23(24)25/h1-2,5-6,11-12H,3-4,7-10H2,(H3,19,21,27)/b14-11+,20-12-. The number of nitro benzene ring substituents is 1. The van der Waals surface area contributed by atoms with E-state index in [-0.39, 0.29) is 10.8 Å². The summed E-state index contributed by atoms with van der Waals surface area (Å²) in [5, 5.41) is 15.1. The van der Waals surface area contributed by atoms with E-state index in [0.717, 1.165) is 42.8 Å². The number of nitro groups is 1. The maximum absolute atomic E-state index is 10.8. The molecule has 1 saturated heterocycles. The van der Waals surface area contributed by atoms with Crippen LogP contribution >= 0.6 is 12.2 Å². The number of morpholine rings is 1. The van der Waals surface area contributed by atoms with E-state index in [0.29, 0.717) is 13.2 Å². The number of allylic oxidation sites excluding steroid dienone is 2. The van der Waals surface area contributed by atoms with Crippen molar-refractivity contribution in [1.29, 1.82) is 0 Å². The highest BCUT2D eigenvalue weighted by Gasteiger charge is 2.25. The molecule has 0 atom stereocenters. The fraction of sp³-hybridized carbons (Fsp3) is 0.333. The molecule has 0 amide bonds. The summed E-state index contributed by atoms with van der Waals surface area (Å²) < 4.78 is 5.47. The molecule has 1 aromatic carbocycles. The third-order valence-corrected chi connectivity index (χ3v) is 4.53. The molecule has 0 aromatic heterocycles. The van der Waals surface area contributed by atoms with Crippen LogP contribution in [0.5, 0.6) is 0 Å². The van der Waals surface area contributed by atoms with Crippen LogP contribution in [0.25, 0.3) is 6.08 Å². The third-order valence-electron chi connectivity index (χ3n) is 4.44. The van der Waals surface area contributed by atoms with Crippen LogP contribution in [0, 0.1) is 10.1 Å². The van der Waals surface area contributed by atoms with Crippen molar-refractivity contribution in [2.75, 3.05) is 26.3 Å². The minimum atomic E-state index is -0.394. The molecule has 2 aliphatic rings. The van der Waals surface area contributed by atoms with E-state index in [9.17, 15) is 10.1 Å². The molecule has 1 aliphatic heterocycles. The number of nitrogens with zero attached hydrogens (tertiary/aromatic N) is 3. The van der Waals surface area contributed by atoms with E-state index in [1.54, 1.807) is 18.3 Å². The lowest BCUT2D eigenvalue weighted by Crippen LogP contribution is -2.36. The summed E-state index contributed by atoms with van der Waals surface area (Å²) in [5.74, 6) is 0. The van der Waals surface area contributed by atoms with Crippen molar-refractivity contribution in [1.82, 2.24) is 10.3 Å². The Morgan fingerprint density at radius 1 is 1.30 bits per heavy atom. The SMILES string of the molecule is NC(=S)N/N=C\C1=C(N2CCOCC2)C(=C/c2ccc([N+](=O)[O-])cc2)/CC1. The van der Waals surface area contributed by atoms with Gasteiger partial charge in [0.1, 0.15) is 0 Å². The number of hydrazone groups is 1. The lowest BCUT2D eigenvalue weighted by molar-refractivity contribution is -0.384. The Bertz CT molecular complexity index is 811. The quantitative estimate of drug-likeness (QED) is 0.345. The molecule has 8 nitrogen and oxygen atoms in total. The van der Waals surface area contributed by atoms with Gasteiger partial charge >= 0.3 is 0 Å². The predicted octanol–water partition coefficient (Wildman–Crippen LogP) is 2.18. The lowest BCUT2D eigenvalue weighted by Gasteiger charge is -2.31. The van der Waals surface area contributed by atoms with E-state index >= 15 is 0 Å². The average molecular weight is 387 g/mol. The molecule has 142 valence electrons. The maximum atomic E-state index is 10.8. The van der Waals surface area contributed by atoms with Crippen LogP contribution in [0.1, 0.15) is 18.4 Å². The highest BCUT2D eigenvalue weighted by molar-refractivity contribution is 7.80. The Morgan fingerprint density at radius 2 is 2.00 bits per heavy atom. The van der Waals surface area contributed by atoms with E-state index in [1.807, 2.05) is 0 Å². The van der Waals surface area contributed by atoms with Crippen LogP contribution in [0.15, 0.2) is 46.2 Å². The van der Waals surface area contributed by atoms with Crippen molar-refractivity contribution in [3.8, 4) is 0 Å². The summed E-state index contributed by atoms with van der Waals surface area (Å²) in [4.78, 5) is 12.7. The zero-order valence-electron chi connectivity index (χ0n) is 14.8. The molecule has 3 N–H and O–H groups in total. The van der Waals surface area contributed by atoms with Crippen LogP contribution < -0.4 is 11.2 Å². The second-order valence-electron chi connectivity index (χ2n) is 6.23. The van der Waals surface area contributed by atoms with Gasteiger partial charge in [0.15, 0.2) is 5.11 Å². The van der Waals surface area contributed by atoms with Gasteiger partial charge in [0, 0.05) is 30.9 Å². The molecule has 27 heavy (non-hydrogen) atoms. The number of nitrogens with two attached hydrogens (primary N) is 1. The molecular weight excluding hydrogens is 366 g/mol. The second kappa shape index (κ2) is 8.74. The summed E-state index contributed by atoms with van der Waals surface area (Å²) in [6.07, 6.45) is 5.57. The van der Waals surface area contributed by atoms with Gasteiger partial charge in [-0.1, -0.05) is 0 Å². The first kappa shape index (κ1) is 19.0. The number of non-ortho nitro benzene ring substituents is 1. The van der Waals surface area contributed by atoms with Crippen LogP contribution in [0.4, 0.5) is 5.69 Å². The molecule has 1 heterocycles. The minimum absolute atomic E-state index is 0.0872. The highest BCUT2D eigenvalue weighted by atomic mass is 32.1. The normalized spacial score (nSPS) is 19.1. The zero-order chi connectivity index (χ0) is 19.2. The Morgan fingerprint density at radius 3 is 2.63 bits per heavy atom. The summed E-state index contributed by atoms with van der Waals surface area (Å²) >= 11 is 4.78. The molecule has 1 fully saturated rings. The molecule has 0 unspecified atom stereocenters. The zero-order valence-corrected chi connectivity index (χ0v) is 15.6. The predicted molar refractivity (Wildman–Crippen MR) is 108 cm³/mol. The van der Waals surface area contributed by atoms with Crippen LogP contribution in [-0.4, -0.2) is 47.5 Å². The molecule has 1 aliphatic carbocycles. The van der Waals surface area contributed by atoms with Crippen molar-refractivity contribution < 1.29 is 9.66 Å². The number of thiocarbonyl (C=S) groups is 1. The van der Waals surface area contributed by atoms with Gasteiger partial charge in [0.25, 0.3) is 5.69 Å². The number of hydrogen-bond donors (Lipinski definition) is 2. The van der Waals surface area contributed by atoms with Crippen molar-refractivity contribution in [2.24, 2.45) is 10.8 Å². The number of nitrogens with one attached hydrogen (secondary N) is 1. The van der Waals surface area contributed by atoms with Gasteiger partial charge in [0.05, 0.1) is 24.4 Å². The summed E-state index contributed by atoms with van der Waals surface area (Å²) in [6, 6.07) is 6.58. The summed E-state index contributed by atoms with van der Waals surface area (Å²) in [5.41, 5.74) is 12.5. The Balaban J connectivity index is 1.90. The molecule has 0 bridgehead atoms. The first-order chi connectivity index (χ1) is 13.0.